The van der Waals surface area contributed by atoms with Gasteiger partial charge in [-0.15, -0.1) is 0 Å². The first kappa shape index (κ1) is 21.0. The van der Waals surface area contributed by atoms with E-state index >= 15 is 0 Å². The number of ether oxygens (including phenoxy) is 4. The number of carbonyl (C=O) groups is 4. The van der Waals surface area contributed by atoms with Crippen molar-refractivity contribution in [3.8, 4) is 0 Å². The van der Waals surface area contributed by atoms with E-state index in [9.17, 15) is 19.2 Å². The van der Waals surface area contributed by atoms with E-state index in [2.05, 4.69) is 24.3 Å². The third kappa shape index (κ3) is 9.85. The standard InChI is InChI=1S/C10H19N5O9/c11-6(16)22-3-10(4-23-7(12)17,5-24-8(13)18)15-9(19)21-2-1-14-20/h14,20H,1-5H2,(H2,11,16)(H2,12,17)(H2,13,18)(H,15,19). The molecule has 0 aliphatic carbocycles. The molecule has 14 heteroatoms. The summed E-state index contributed by atoms with van der Waals surface area (Å²) in [6.07, 6.45) is -4.70. The van der Waals surface area contributed by atoms with Crippen molar-refractivity contribution in [2.24, 2.45) is 17.2 Å². The number of nitrogens with two attached hydrogens (primary N) is 3. The van der Waals surface area contributed by atoms with E-state index in [-0.39, 0.29) is 13.2 Å². The minimum Gasteiger partial charge on any atom is -0.448 e. The Morgan fingerprint density at radius 3 is 1.58 bits per heavy atom. The highest BCUT2D eigenvalue weighted by molar-refractivity contribution is 5.70. The zero-order valence-electron chi connectivity index (χ0n) is 12.5. The molecular formula is C10H19N5O9. The van der Waals surface area contributed by atoms with E-state index < -0.39 is 49.7 Å². The fraction of sp³-hybridized carbons (Fsp3) is 0.600. The fourth-order valence-corrected chi connectivity index (χ4v) is 1.30. The second kappa shape index (κ2) is 10.7. The number of carbonyl (C=O) groups excluding carboxylic acids is 4. The Morgan fingerprint density at radius 2 is 1.25 bits per heavy atom. The van der Waals surface area contributed by atoms with Gasteiger partial charge in [0.2, 0.25) is 0 Å². The van der Waals surface area contributed by atoms with Gasteiger partial charge in [-0.25, -0.2) is 24.7 Å². The van der Waals surface area contributed by atoms with Gasteiger partial charge in [-0.1, -0.05) is 0 Å². The van der Waals surface area contributed by atoms with Gasteiger partial charge in [-0.3, -0.25) is 0 Å². The molecule has 138 valence electrons. The Labute approximate surface area is 135 Å². The Balaban J connectivity index is 5.10. The van der Waals surface area contributed by atoms with Crippen molar-refractivity contribution in [1.82, 2.24) is 10.8 Å². The second-order valence-electron chi connectivity index (χ2n) is 4.27. The maximum Gasteiger partial charge on any atom is 0.407 e. The zero-order chi connectivity index (χ0) is 18.6. The summed E-state index contributed by atoms with van der Waals surface area (Å²) in [6.45, 7) is -2.28. The van der Waals surface area contributed by atoms with Crippen molar-refractivity contribution >= 4 is 24.4 Å². The smallest absolute Gasteiger partial charge is 0.407 e. The van der Waals surface area contributed by atoms with Crippen LogP contribution in [0.25, 0.3) is 0 Å². The number of nitrogens with one attached hydrogen (secondary N) is 2. The van der Waals surface area contributed by atoms with Gasteiger partial charge in [0.15, 0.2) is 0 Å². The fourth-order valence-electron chi connectivity index (χ4n) is 1.30. The molecule has 0 saturated carbocycles. The molecule has 0 aliphatic heterocycles. The number of hydrogen-bond acceptors (Lipinski definition) is 10. The lowest BCUT2D eigenvalue weighted by atomic mass is 10.0. The van der Waals surface area contributed by atoms with Crippen LogP contribution < -0.4 is 28.0 Å². The third-order valence-corrected chi connectivity index (χ3v) is 2.29. The van der Waals surface area contributed by atoms with Gasteiger partial charge in [0.25, 0.3) is 0 Å². The maximum atomic E-state index is 11.7. The topological polar surface area (TPSA) is 228 Å². The first-order valence-corrected chi connectivity index (χ1v) is 6.29. The van der Waals surface area contributed by atoms with Crippen LogP contribution in [-0.4, -0.2) is 68.1 Å². The lowest BCUT2D eigenvalue weighted by Gasteiger charge is -2.31. The van der Waals surface area contributed by atoms with Gasteiger partial charge in [-0.2, -0.15) is 0 Å². The van der Waals surface area contributed by atoms with Crippen molar-refractivity contribution in [2.75, 3.05) is 33.0 Å². The normalized spacial score (nSPS) is 10.4. The molecule has 9 N–H and O–H groups in total. The number of hydroxylamine groups is 1. The molecule has 0 spiro atoms. The number of hydrogen-bond donors (Lipinski definition) is 6. The highest BCUT2D eigenvalue weighted by atomic mass is 16.6. The molecule has 24 heavy (non-hydrogen) atoms. The van der Waals surface area contributed by atoms with Crippen LogP contribution in [0, 0.1) is 0 Å². The molecule has 4 amide bonds. The summed E-state index contributed by atoms with van der Waals surface area (Å²) in [5.74, 6) is 0. The summed E-state index contributed by atoms with van der Waals surface area (Å²) in [4.78, 5) is 44.0. The average molecular weight is 353 g/mol. The number of rotatable bonds is 10. The molecule has 0 unspecified atom stereocenters. The molecule has 0 radical (unpaired) electrons. The first-order valence-electron chi connectivity index (χ1n) is 6.29. The summed E-state index contributed by atoms with van der Waals surface area (Å²) in [6, 6.07) is 0. The second-order valence-corrected chi connectivity index (χ2v) is 4.27. The number of alkyl carbamates (subject to hydrolysis) is 1. The van der Waals surface area contributed by atoms with Gasteiger partial charge in [0.05, 0.1) is 6.54 Å². The van der Waals surface area contributed by atoms with Crippen molar-refractivity contribution in [1.29, 1.82) is 0 Å². The summed E-state index contributed by atoms with van der Waals surface area (Å²) < 4.78 is 18.3. The van der Waals surface area contributed by atoms with Gasteiger partial charge in [0.1, 0.15) is 32.0 Å². The molecular weight excluding hydrogens is 334 g/mol. The largest absolute Gasteiger partial charge is 0.448 e. The molecule has 0 heterocycles. The minimum atomic E-state index is -1.76. The first-order chi connectivity index (χ1) is 11.2. The van der Waals surface area contributed by atoms with Crippen molar-refractivity contribution in [3.63, 3.8) is 0 Å². The summed E-state index contributed by atoms with van der Waals surface area (Å²) in [5, 5.41) is 10.6. The van der Waals surface area contributed by atoms with E-state index in [0.717, 1.165) is 0 Å². The predicted octanol–water partition coefficient (Wildman–Crippen LogP) is -2.28. The molecule has 0 aliphatic rings. The van der Waals surface area contributed by atoms with Gasteiger partial charge in [-0.05, 0) is 0 Å². The molecule has 0 aromatic carbocycles. The molecule has 0 bridgehead atoms. The van der Waals surface area contributed by atoms with Crippen LogP contribution in [-0.2, 0) is 18.9 Å². The number of primary amides is 3. The Kier molecular flexibility index (Phi) is 9.35. The molecule has 0 fully saturated rings. The summed E-state index contributed by atoms with van der Waals surface area (Å²) in [5.41, 5.74) is 14.5. The van der Waals surface area contributed by atoms with Crippen LogP contribution in [0.3, 0.4) is 0 Å². The minimum absolute atomic E-state index is 0.0756. The Bertz CT molecular complexity index is 412. The SMILES string of the molecule is NC(=O)OCC(COC(N)=O)(COC(N)=O)NC(=O)OCCNO. The van der Waals surface area contributed by atoms with Crippen LogP contribution in [0.1, 0.15) is 0 Å². The molecule has 14 nitrogen and oxygen atoms in total. The lowest BCUT2D eigenvalue weighted by Crippen LogP contribution is -2.60. The van der Waals surface area contributed by atoms with Gasteiger partial charge in [0, 0.05) is 0 Å². The predicted molar refractivity (Wildman–Crippen MR) is 73.6 cm³/mol. The Morgan fingerprint density at radius 1 is 0.833 bits per heavy atom. The van der Waals surface area contributed by atoms with Crippen LogP contribution in [0.15, 0.2) is 0 Å². The van der Waals surface area contributed by atoms with Crippen molar-refractivity contribution in [2.45, 2.75) is 5.54 Å². The Hall–Kier alpha value is -3.00. The zero-order valence-corrected chi connectivity index (χ0v) is 12.5. The van der Waals surface area contributed by atoms with Crippen LogP contribution in [0.4, 0.5) is 19.2 Å². The number of amides is 4. The highest BCUT2D eigenvalue weighted by Crippen LogP contribution is 2.10. The quantitative estimate of drug-likeness (QED) is 0.140. The van der Waals surface area contributed by atoms with E-state index in [1.165, 1.54) is 0 Å². The molecule has 0 saturated heterocycles. The maximum absolute atomic E-state index is 11.7. The monoisotopic (exact) mass is 353 g/mol. The van der Waals surface area contributed by atoms with Crippen molar-refractivity contribution in [3.05, 3.63) is 0 Å². The van der Waals surface area contributed by atoms with E-state index in [4.69, 9.17) is 22.4 Å². The van der Waals surface area contributed by atoms with E-state index in [1.807, 2.05) is 0 Å². The van der Waals surface area contributed by atoms with E-state index in [0.29, 0.717) is 0 Å². The summed E-state index contributed by atoms with van der Waals surface area (Å²) >= 11 is 0. The molecule has 0 atom stereocenters. The van der Waals surface area contributed by atoms with Crippen LogP contribution in [0.2, 0.25) is 0 Å². The van der Waals surface area contributed by atoms with Crippen LogP contribution >= 0.6 is 0 Å². The van der Waals surface area contributed by atoms with E-state index in [1.54, 1.807) is 5.48 Å². The molecule has 0 rings (SSSR count). The third-order valence-electron chi connectivity index (χ3n) is 2.29. The average Bonchev–Trinajstić information content (AvgIpc) is 2.48. The summed E-state index contributed by atoms with van der Waals surface area (Å²) in [7, 11) is 0. The van der Waals surface area contributed by atoms with Gasteiger partial charge < -0.3 is 46.7 Å². The van der Waals surface area contributed by atoms with Crippen molar-refractivity contribution < 1.29 is 43.3 Å². The highest BCUT2D eigenvalue weighted by Gasteiger charge is 2.38. The molecule has 0 aromatic heterocycles. The molecule has 0 aromatic rings. The lowest BCUT2D eigenvalue weighted by molar-refractivity contribution is 0.0160. The van der Waals surface area contributed by atoms with Gasteiger partial charge >= 0.3 is 24.4 Å². The van der Waals surface area contributed by atoms with Crippen LogP contribution in [0.5, 0.6) is 0 Å².